The van der Waals surface area contributed by atoms with Crippen molar-refractivity contribution in [2.24, 2.45) is 11.6 Å². The van der Waals surface area contributed by atoms with E-state index in [1.807, 2.05) is 36.4 Å². The Balaban J connectivity index is 1.54. The lowest BCUT2D eigenvalue weighted by Gasteiger charge is -2.31. The first-order valence-corrected chi connectivity index (χ1v) is 13.9. The Morgan fingerprint density at radius 1 is 1.10 bits per heavy atom. The highest BCUT2D eigenvalue weighted by atomic mass is 35.5. The number of benzene rings is 3. The quantitative estimate of drug-likeness (QED) is 0.122. The van der Waals surface area contributed by atoms with E-state index in [9.17, 15) is 9.65 Å². The van der Waals surface area contributed by atoms with E-state index in [0.717, 1.165) is 31.5 Å². The maximum Gasteiger partial charge on any atom is 0.141 e. The minimum absolute atomic E-state index is 0.0429. The molecule has 3 aromatic carbocycles. The third-order valence-corrected chi connectivity index (χ3v) is 7.62. The first kappa shape index (κ1) is 28.5. The smallest absolute Gasteiger partial charge is 0.141 e. The van der Waals surface area contributed by atoms with Crippen molar-refractivity contribution in [3.63, 3.8) is 0 Å². The highest BCUT2D eigenvalue weighted by molar-refractivity contribution is 6.36. The number of nitrogens with one attached hydrogen (secondary N) is 3. The van der Waals surface area contributed by atoms with Gasteiger partial charge >= 0.3 is 0 Å². The molecule has 41 heavy (non-hydrogen) atoms. The summed E-state index contributed by atoms with van der Waals surface area (Å²) in [6, 6.07) is 19.5. The normalized spacial score (nSPS) is 14.9. The number of piperidine rings is 1. The zero-order valence-corrected chi connectivity index (χ0v) is 23.6. The summed E-state index contributed by atoms with van der Waals surface area (Å²) in [5.41, 5.74) is 10.5. The summed E-state index contributed by atoms with van der Waals surface area (Å²) < 4.78 is 13.8. The molecule has 1 aromatic heterocycles. The number of anilines is 3. The fraction of sp³-hybridized carbons (Fsp3) is 0.200. The summed E-state index contributed by atoms with van der Waals surface area (Å²) >= 11 is 12.7. The SMILES string of the molecule is N#Cc1cnc2c(Cl)cc(N[C@H](/C(N)=C/N(N)C3CCNCC3)c3ccccc3)cc2c1Nc1ccc(F)c(Cl)c1. The zero-order valence-electron chi connectivity index (χ0n) is 22.0. The van der Waals surface area contributed by atoms with Crippen molar-refractivity contribution in [2.75, 3.05) is 23.7 Å². The summed E-state index contributed by atoms with van der Waals surface area (Å²) in [6.07, 6.45) is 5.07. The molecular formula is C30H29Cl2FN8. The van der Waals surface area contributed by atoms with E-state index in [2.05, 4.69) is 27.0 Å². The molecule has 1 fully saturated rings. The average Bonchev–Trinajstić information content (AvgIpc) is 2.99. The van der Waals surface area contributed by atoms with E-state index in [1.165, 1.54) is 24.4 Å². The van der Waals surface area contributed by atoms with Crippen LogP contribution in [0.5, 0.6) is 0 Å². The molecule has 1 saturated heterocycles. The highest BCUT2D eigenvalue weighted by Crippen LogP contribution is 2.37. The lowest BCUT2D eigenvalue weighted by Crippen LogP contribution is -2.44. The number of nitrogens with zero attached hydrogens (tertiary/aromatic N) is 3. The maximum absolute atomic E-state index is 13.8. The zero-order chi connectivity index (χ0) is 28.9. The number of nitrogens with two attached hydrogens (primary N) is 2. The van der Waals surface area contributed by atoms with Gasteiger partial charge in [-0.3, -0.25) is 4.98 Å². The molecule has 4 aromatic rings. The molecule has 0 saturated carbocycles. The van der Waals surface area contributed by atoms with Gasteiger partial charge in [0.05, 0.1) is 38.6 Å². The molecule has 0 bridgehead atoms. The number of rotatable bonds is 8. The molecule has 7 N–H and O–H groups in total. The molecule has 1 aliphatic rings. The van der Waals surface area contributed by atoms with Gasteiger partial charge in [0.25, 0.3) is 0 Å². The second kappa shape index (κ2) is 12.6. The van der Waals surface area contributed by atoms with Crippen molar-refractivity contribution >= 4 is 51.2 Å². The number of pyridine rings is 1. The predicted octanol–water partition coefficient (Wildman–Crippen LogP) is 6.18. The second-order valence-electron chi connectivity index (χ2n) is 9.81. The van der Waals surface area contributed by atoms with Crippen LogP contribution in [0, 0.1) is 17.1 Å². The molecule has 1 aliphatic heterocycles. The molecule has 2 heterocycles. The summed E-state index contributed by atoms with van der Waals surface area (Å²) in [5, 5.41) is 22.5. The molecule has 0 spiro atoms. The van der Waals surface area contributed by atoms with Crippen LogP contribution < -0.4 is 27.5 Å². The lowest BCUT2D eigenvalue weighted by atomic mass is 10.0. The van der Waals surface area contributed by atoms with Gasteiger partial charge in [0.2, 0.25) is 0 Å². The van der Waals surface area contributed by atoms with Crippen molar-refractivity contribution in [1.29, 1.82) is 5.26 Å². The number of halogens is 3. The molecule has 11 heteroatoms. The van der Waals surface area contributed by atoms with E-state index in [0.29, 0.717) is 38.7 Å². The lowest BCUT2D eigenvalue weighted by molar-refractivity contribution is 0.228. The molecule has 1 atom stereocenters. The van der Waals surface area contributed by atoms with Crippen LogP contribution in [0.25, 0.3) is 10.9 Å². The van der Waals surface area contributed by atoms with Crippen LogP contribution in [0.3, 0.4) is 0 Å². The van der Waals surface area contributed by atoms with Crippen molar-refractivity contribution in [1.82, 2.24) is 15.3 Å². The monoisotopic (exact) mass is 590 g/mol. The predicted molar refractivity (Wildman–Crippen MR) is 163 cm³/mol. The van der Waals surface area contributed by atoms with Crippen LogP contribution in [0.1, 0.15) is 30.0 Å². The van der Waals surface area contributed by atoms with Crippen molar-refractivity contribution in [3.8, 4) is 6.07 Å². The Morgan fingerprint density at radius 3 is 2.54 bits per heavy atom. The molecule has 210 valence electrons. The first-order chi connectivity index (χ1) is 19.8. The second-order valence-corrected chi connectivity index (χ2v) is 10.6. The van der Waals surface area contributed by atoms with Gasteiger partial charge in [-0.15, -0.1) is 0 Å². The fourth-order valence-electron chi connectivity index (χ4n) is 4.91. The third kappa shape index (κ3) is 6.47. The number of nitriles is 1. The van der Waals surface area contributed by atoms with Crippen molar-refractivity contribution in [3.05, 3.63) is 106 Å². The van der Waals surface area contributed by atoms with Gasteiger partial charge in [0.15, 0.2) is 0 Å². The minimum Gasteiger partial charge on any atom is -0.399 e. The van der Waals surface area contributed by atoms with E-state index < -0.39 is 11.9 Å². The molecule has 5 rings (SSSR count). The van der Waals surface area contributed by atoms with Gasteiger partial charge in [-0.05, 0) is 61.8 Å². The number of hydrogen-bond acceptors (Lipinski definition) is 8. The number of aromatic nitrogens is 1. The van der Waals surface area contributed by atoms with E-state index >= 15 is 0 Å². The maximum atomic E-state index is 13.8. The van der Waals surface area contributed by atoms with Crippen LogP contribution in [0.15, 0.2) is 78.8 Å². The minimum atomic E-state index is -0.541. The molecular weight excluding hydrogens is 562 g/mol. The summed E-state index contributed by atoms with van der Waals surface area (Å²) in [7, 11) is 0. The number of hydrazine groups is 1. The Hall–Kier alpha value is -4.07. The van der Waals surface area contributed by atoms with Crippen LogP contribution in [-0.2, 0) is 0 Å². The van der Waals surface area contributed by atoms with Crippen LogP contribution in [0.4, 0.5) is 21.5 Å². The van der Waals surface area contributed by atoms with Crippen LogP contribution in [-0.4, -0.2) is 29.1 Å². The summed E-state index contributed by atoms with van der Waals surface area (Å²) in [4.78, 5) is 4.42. The Morgan fingerprint density at radius 2 is 1.83 bits per heavy atom. The van der Waals surface area contributed by atoms with Gasteiger partial charge in [-0.2, -0.15) is 5.26 Å². The molecule has 8 nitrogen and oxygen atoms in total. The molecule has 0 unspecified atom stereocenters. The van der Waals surface area contributed by atoms with Gasteiger partial charge in [0.1, 0.15) is 11.9 Å². The van der Waals surface area contributed by atoms with Crippen molar-refractivity contribution < 1.29 is 4.39 Å². The largest absolute Gasteiger partial charge is 0.399 e. The van der Waals surface area contributed by atoms with Crippen molar-refractivity contribution in [2.45, 2.75) is 24.9 Å². The Bertz CT molecular complexity index is 1620. The van der Waals surface area contributed by atoms with Crippen LogP contribution in [0.2, 0.25) is 10.0 Å². The number of fused-ring (bicyclic) bond motifs is 1. The highest BCUT2D eigenvalue weighted by Gasteiger charge is 2.21. The Kier molecular flexibility index (Phi) is 8.76. The van der Waals surface area contributed by atoms with Gasteiger partial charge in [-0.25, -0.2) is 10.2 Å². The van der Waals surface area contributed by atoms with E-state index in [-0.39, 0.29) is 16.6 Å². The average molecular weight is 592 g/mol. The van der Waals surface area contributed by atoms with Gasteiger partial charge in [-0.1, -0.05) is 53.5 Å². The molecule has 0 amide bonds. The van der Waals surface area contributed by atoms with Gasteiger partial charge in [0, 0.05) is 35.2 Å². The summed E-state index contributed by atoms with van der Waals surface area (Å²) in [6.45, 7) is 1.81. The molecule has 0 radical (unpaired) electrons. The summed E-state index contributed by atoms with van der Waals surface area (Å²) in [5.74, 6) is 5.88. The fourth-order valence-corrected chi connectivity index (χ4v) is 5.36. The molecule has 0 aliphatic carbocycles. The third-order valence-electron chi connectivity index (χ3n) is 7.04. The van der Waals surface area contributed by atoms with Gasteiger partial charge < -0.3 is 26.7 Å². The van der Waals surface area contributed by atoms with Crippen LogP contribution >= 0.6 is 23.2 Å². The Labute approximate surface area is 247 Å². The van der Waals surface area contributed by atoms with E-state index in [4.69, 9.17) is 34.8 Å². The first-order valence-electron chi connectivity index (χ1n) is 13.1. The standard InChI is InChI=1S/C30H29Cl2FN8/c31-24-13-20(6-7-26(24)33)39-28-19(15-34)16-38-30-23(28)12-21(14-25(30)32)40-29(18-4-2-1-3-5-18)27(35)17-41(36)22-8-10-37-11-9-22/h1-7,12-14,16-17,22,29,37,40H,8-11,35-36H2,(H,38,39)/b27-17-/t29-/m0/s1. The number of hydrogen-bond donors (Lipinski definition) is 5. The van der Waals surface area contributed by atoms with E-state index in [1.54, 1.807) is 17.3 Å². The topological polar surface area (TPSA) is 128 Å².